The van der Waals surface area contributed by atoms with Gasteiger partial charge in [0.1, 0.15) is 5.75 Å². The quantitative estimate of drug-likeness (QED) is 0.822. The van der Waals surface area contributed by atoms with Crippen LogP contribution in [0.2, 0.25) is 0 Å². The van der Waals surface area contributed by atoms with E-state index in [1.165, 1.54) is 16.8 Å². The van der Waals surface area contributed by atoms with Crippen molar-refractivity contribution in [3.63, 3.8) is 0 Å². The van der Waals surface area contributed by atoms with Crippen molar-refractivity contribution in [2.24, 2.45) is 11.8 Å². The van der Waals surface area contributed by atoms with E-state index < -0.39 is 6.29 Å². The van der Waals surface area contributed by atoms with Gasteiger partial charge in [-0.1, -0.05) is 6.07 Å². The third kappa shape index (κ3) is 1.37. The van der Waals surface area contributed by atoms with E-state index in [2.05, 4.69) is 28.4 Å². The van der Waals surface area contributed by atoms with Crippen LogP contribution < -0.4 is 10.1 Å². The molecule has 24 heavy (non-hydrogen) atoms. The van der Waals surface area contributed by atoms with Gasteiger partial charge in [-0.3, -0.25) is 4.90 Å². The monoisotopic (exact) mass is 326 g/mol. The van der Waals surface area contributed by atoms with Crippen LogP contribution in [0, 0.1) is 11.8 Å². The molecule has 1 aliphatic carbocycles. The molecule has 126 valence electrons. The number of piperidine rings is 1. The summed E-state index contributed by atoms with van der Waals surface area (Å²) in [5.41, 5.74) is 4.05. The van der Waals surface area contributed by atoms with E-state index in [-0.39, 0.29) is 17.4 Å². The lowest BCUT2D eigenvalue weighted by Gasteiger charge is -2.56. The summed E-state index contributed by atoms with van der Waals surface area (Å²) in [6.45, 7) is 2.12. The molecule has 1 spiro atoms. The lowest BCUT2D eigenvalue weighted by atomic mass is 9.55. The molecular formula is C19H22N2O3. The Hall–Kier alpha value is -1.72. The fraction of sp³-hybridized carbons (Fsp3) is 0.579. The first-order valence-electron chi connectivity index (χ1n) is 8.94. The number of benzene rings is 1. The number of anilines is 1. The average molecular weight is 326 g/mol. The molecule has 4 aliphatic heterocycles. The van der Waals surface area contributed by atoms with Crippen molar-refractivity contribution < 1.29 is 14.6 Å². The van der Waals surface area contributed by atoms with Crippen LogP contribution in [-0.4, -0.2) is 48.6 Å². The molecule has 0 radical (unpaired) electrons. The fourth-order valence-corrected chi connectivity index (χ4v) is 6.40. The minimum absolute atomic E-state index is 0.0932. The SMILES string of the molecule is COc1ccc2c(c1)N[C@H]1[C@@H]3[C@H](O)OC=C4CN5CC[C@]21[C@@H]5C[C@@H]43. The first-order chi connectivity index (χ1) is 11.7. The van der Waals surface area contributed by atoms with Gasteiger partial charge < -0.3 is 19.9 Å². The van der Waals surface area contributed by atoms with E-state index in [1.54, 1.807) is 7.11 Å². The molecule has 5 nitrogen and oxygen atoms in total. The second-order valence-electron chi connectivity index (χ2n) is 7.95. The van der Waals surface area contributed by atoms with E-state index in [0.29, 0.717) is 12.0 Å². The fourth-order valence-electron chi connectivity index (χ4n) is 6.40. The predicted octanol–water partition coefficient (Wildman–Crippen LogP) is 1.68. The second kappa shape index (κ2) is 4.27. The Balaban J connectivity index is 1.57. The molecule has 6 atom stereocenters. The highest BCUT2D eigenvalue weighted by atomic mass is 16.6. The van der Waals surface area contributed by atoms with E-state index in [1.807, 2.05) is 6.26 Å². The molecule has 1 aromatic rings. The summed E-state index contributed by atoms with van der Waals surface area (Å²) >= 11 is 0. The molecular weight excluding hydrogens is 304 g/mol. The van der Waals surface area contributed by atoms with Crippen LogP contribution in [0.25, 0.3) is 0 Å². The molecule has 6 rings (SSSR count). The normalized spacial score (nSPS) is 44.1. The van der Waals surface area contributed by atoms with Gasteiger partial charge >= 0.3 is 0 Å². The average Bonchev–Trinajstić information content (AvgIpc) is 3.15. The zero-order valence-corrected chi connectivity index (χ0v) is 13.7. The number of nitrogens with zero attached hydrogens (tertiary/aromatic N) is 1. The number of nitrogens with one attached hydrogen (secondary N) is 1. The molecule has 2 N–H and O–H groups in total. The number of methoxy groups -OCH3 is 1. The molecule has 5 heteroatoms. The van der Waals surface area contributed by atoms with E-state index >= 15 is 0 Å². The minimum Gasteiger partial charge on any atom is -0.497 e. The number of aliphatic hydroxyl groups is 1. The first kappa shape index (κ1) is 13.6. The summed E-state index contributed by atoms with van der Waals surface area (Å²) in [6, 6.07) is 7.23. The largest absolute Gasteiger partial charge is 0.497 e. The van der Waals surface area contributed by atoms with Crippen molar-refractivity contribution >= 4 is 5.69 Å². The van der Waals surface area contributed by atoms with Crippen molar-refractivity contribution in [3.8, 4) is 5.75 Å². The molecule has 1 saturated carbocycles. The third-order valence-corrected chi connectivity index (χ3v) is 7.32. The standard InChI is InChI=1S/C19H22N2O3/c1-23-11-2-3-13-14(6-11)20-17-16-12-7-15-19(13,17)4-5-21(15)8-10(12)9-24-18(16)22/h2-3,6,9,12,15-18,20,22H,4-5,7-8H2,1H3/t12-,15-,16+,17-,18+,19+/m0/s1. The number of fused-ring (bicyclic) bond motifs is 2. The molecule has 0 aromatic heterocycles. The number of hydrogen-bond acceptors (Lipinski definition) is 5. The number of rotatable bonds is 1. The lowest BCUT2D eigenvalue weighted by molar-refractivity contribution is -0.149. The molecule has 2 saturated heterocycles. The molecule has 3 fully saturated rings. The van der Waals surface area contributed by atoms with Gasteiger partial charge in [-0.25, -0.2) is 0 Å². The Kier molecular flexibility index (Phi) is 2.41. The van der Waals surface area contributed by atoms with Crippen LogP contribution in [-0.2, 0) is 10.2 Å². The summed E-state index contributed by atoms with van der Waals surface area (Å²) in [5.74, 6) is 1.45. The minimum atomic E-state index is -0.711. The zero-order chi connectivity index (χ0) is 16.1. The van der Waals surface area contributed by atoms with Gasteiger partial charge in [0, 0.05) is 41.7 Å². The van der Waals surface area contributed by atoms with E-state index in [9.17, 15) is 5.11 Å². The number of hydrogen-bond donors (Lipinski definition) is 2. The molecule has 0 amide bonds. The van der Waals surface area contributed by atoms with Gasteiger partial charge in [-0.2, -0.15) is 0 Å². The topological polar surface area (TPSA) is 54.0 Å². The summed E-state index contributed by atoms with van der Waals surface area (Å²) < 4.78 is 11.1. The van der Waals surface area contributed by atoms with Crippen molar-refractivity contribution in [1.29, 1.82) is 0 Å². The van der Waals surface area contributed by atoms with Crippen LogP contribution in [0.5, 0.6) is 5.75 Å². The van der Waals surface area contributed by atoms with Gasteiger partial charge in [0.05, 0.1) is 13.4 Å². The van der Waals surface area contributed by atoms with Crippen LogP contribution in [0.3, 0.4) is 0 Å². The molecule has 2 bridgehead atoms. The number of ether oxygens (including phenoxy) is 2. The van der Waals surface area contributed by atoms with E-state index in [4.69, 9.17) is 9.47 Å². The van der Waals surface area contributed by atoms with E-state index in [0.717, 1.165) is 31.7 Å². The van der Waals surface area contributed by atoms with Crippen molar-refractivity contribution in [2.75, 3.05) is 25.5 Å². The van der Waals surface area contributed by atoms with Gasteiger partial charge in [0.15, 0.2) is 0 Å². The Morgan fingerprint density at radius 2 is 2.33 bits per heavy atom. The predicted molar refractivity (Wildman–Crippen MR) is 88.8 cm³/mol. The lowest BCUT2D eigenvalue weighted by Crippen LogP contribution is -2.65. The summed E-state index contributed by atoms with van der Waals surface area (Å²) in [7, 11) is 1.71. The Morgan fingerprint density at radius 1 is 1.42 bits per heavy atom. The Bertz CT molecular complexity index is 763. The van der Waals surface area contributed by atoms with Crippen molar-refractivity contribution in [3.05, 3.63) is 35.6 Å². The first-order valence-corrected chi connectivity index (χ1v) is 8.94. The van der Waals surface area contributed by atoms with Gasteiger partial charge in [0.25, 0.3) is 0 Å². The van der Waals surface area contributed by atoms with Crippen LogP contribution >= 0.6 is 0 Å². The van der Waals surface area contributed by atoms with Gasteiger partial charge in [-0.15, -0.1) is 0 Å². The highest BCUT2D eigenvalue weighted by molar-refractivity contribution is 5.67. The molecule has 0 unspecified atom stereocenters. The third-order valence-electron chi connectivity index (χ3n) is 7.32. The summed E-state index contributed by atoms with van der Waals surface area (Å²) in [5, 5.41) is 14.4. The Labute approximate surface area is 141 Å². The Morgan fingerprint density at radius 3 is 3.21 bits per heavy atom. The summed E-state index contributed by atoms with van der Waals surface area (Å²) in [6.07, 6.45) is 3.41. The van der Waals surface area contributed by atoms with Crippen LogP contribution in [0.4, 0.5) is 5.69 Å². The summed E-state index contributed by atoms with van der Waals surface area (Å²) in [4.78, 5) is 2.63. The highest BCUT2D eigenvalue weighted by Gasteiger charge is 2.67. The van der Waals surface area contributed by atoms with Crippen molar-refractivity contribution in [1.82, 2.24) is 4.90 Å². The van der Waals surface area contributed by atoms with Crippen LogP contribution in [0.15, 0.2) is 30.0 Å². The maximum Gasteiger partial charge on any atom is 0.201 e. The molecule has 4 heterocycles. The van der Waals surface area contributed by atoms with Gasteiger partial charge in [0.2, 0.25) is 6.29 Å². The zero-order valence-electron chi connectivity index (χ0n) is 13.7. The highest BCUT2D eigenvalue weighted by Crippen LogP contribution is 2.62. The van der Waals surface area contributed by atoms with Crippen LogP contribution in [0.1, 0.15) is 18.4 Å². The maximum atomic E-state index is 10.6. The van der Waals surface area contributed by atoms with Crippen molar-refractivity contribution in [2.45, 2.75) is 36.6 Å². The molecule has 1 aromatic carbocycles. The van der Waals surface area contributed by atoms with Gasteiger partial charge in [-0.05, 0) is 42.5 Å². The molecule has 5 aliphatic rings. The maximum absolute atomic E-state index is 10.6. The smallest absolute Gasteiger partial charge is 0.201 e. The second-order valence-corrected chi connectivity index (χ2v) is 7.95. The number of aliphatic hydroxyl groups excluding tert-OH is 1.